The predicted molar refractivity (Wildman–Crippen MR) is 177 cm³/mol. The Hall–Kier alpha value is -5.40. The van der Waals surface area contributed by atoms with E-state index in [4.69, 9.17) is 4.74 Å². The van der Waals surface area contributed by atoms with E-state index in [0.717, 1.165) is 34.4 Å². The molecule has 2 amide bonds. The average Bonchev–Trinajstić information content (AvgIpc) is 3.74. The molecule has 0 spiro atoms. The maximum atomic E-state index is 14.9. The van der Waals surface area contributed by atoms with Gasteiger partial charge in [0.2, 0.25) is 5.91 Å². The lowest BCUT2D eigenvalue weighted by Gasteiger charge is -2.30. The number of aromatic amines is 1. The summed E-state index contributed by atoms with van der Waals surface area (Å²) in [5, 5.41) is 11.1. The third kappa shape index (κ3) is 6.54. The van der Waals surface area contributed by atoms with Crippen LogP contribution in [0.5, 0.6) is 0 Å². The Kier molecular flexibility index (Phi) is 8.69. The number of halogens is 3. The second-order valence-corrected chi connectivity index (χ2v) is 12.2. The molecule has 2 N–H and O–H groups in total. The van der Waals surface area contributed by atoms with Gasteiger partial charge in [-0.3, -0.25) is 19.6 Å². The number of rotatable bonds is 8. The summed E-state index contributed by atoms with van der Waals surface area (Å²) in [4.78, 5) is 38.3. The van der Waals surface area contributed by atoms with Crippen LogP contribution in [-0.4, -0.2) is 87.2 Å². The highest BCUT2D eigenvalue weighted by atomic mass is 19.1. The van der Waals surface area contributed by atoms with Crippen LogP contribution in [0.2, 0.25) is 0 Å². The van der Waals surface area contributed by atoms with Gasteiger partial charge in [-0.2, -0.15) is 5.10 Å². The fourth-order valence-electron chi connectivity index (χ4n) is 6.40. The van der Waals surface area contributed by atoms with Crippen molar-refractivity contribution in [3.05, 3.63) is 102 Å². The molecule has 4 heterocycles. The molecule has 2 aromatic heterocycles. The highest BCUT2D eigenvalue weighted by Crippen LogP contribution is 2.32. The standard InChI is InChI=1S/C36H32F3N7O3/c1-49-36(35(48)42-27-7-9-31-29(17-27)33(44-43-31)23-2-5-25(37)6-3-23)12-15-45(21-36)20-32(47)46-13-10-22(11-14-46)24-4-8-28(30(39)16-24)34-40-18-26(38)19-41-34/h2-10,16-19H,11-15,20-21H2,1H3,(H,42,48)(H,43,44). The Bertz CT molecular complexity index is 2070. The Morgan fingerprint density at radius 3 is 2.45 bits per heavy atom. The molecule has 0 bridgehead atoms. The van der Waals surface area contributed by atoms with Gasteiger partial charge in [0, 0.05) is 49.9 Å². The summed E-state index contributed by atoms with van der Waals surface area (Å²) in [5.41, 5.74) is 3.36. The van der Waals surface area contributed by atoms with Crippen molar-refractivity contribution in [2.45, 2.75) is 18.4 Å². The van der Waals surface area contributed by atoms with Crippen molar-refractivity contribution in [2.75, 3.05) is 45.2 Å². The van der Waals surface area contributed by atoms with E-state index in [1.807, 2.05) is 23.1 Å². The molecule has 250 valence electrons. The number of methoxy groups -OCH3 is 1. The molecule has 1 atom stereocenters. The van der Waals surface area contributed by atoms with Gasteiger partial charge in [0.1, 0.15) is 11.6 Å². The molecule has 3 aromatic carbocycles. The Balaban J connectivity index is 0.965. The second-order valence-electron chi connectivity index (χ2n) is 12.2. The number of carbonyl (C=O) groups is 2. The van der Waals surface area contributed by atoms with Crippen LogP contribution in [0.4, 0.5) is 18.9 Å². The van der Waals surface area contributed by atoms with Gasteiger partial charge in [0.15, 0.2) is 17.2 Å². The molecule has 0 saturated carbocycles. The zero-order valence-corrected chi connectivity index (χ0v) is 26.6. The number of hydrogen-bond acceptors (Lipinski definition) is 7. The third-order valence-electron chi connectivity index (χ3n) is 9.18. The van der Waals surface area contributed by atoms with Crippen LogP contribution < -0.4 is 5.32 Å². The molecule has 13 heteroatoms. The van der Waals surface area contributed by atoms with Gasteiger partial charge < -0.3 is 15.0 Å². The van der Waals surface area contributed by atoms with Crippen molar-refractivity contribution in [3.63, 3.8) is 0 Å². The molecule has 7 rings (SSSR count). The lowest BCUT2D eigenvalue weighted by Crippen LogP contribution is -2.48. The largest absolute Gasteiger partial charge is 0.367 e. The Labute approximate surface area is 279 Å². The zero-order valence-electron chi connectivity index (χ0n) is 26.6. The Morgan fingerprint density at radius 2 is 1.73 bits per heavy atom. The minimum Gasteiger partial charge on any atom is -0.367 e. The van der Waals surface area contributed by atoms with Gasteiger partial charge in [0.25, 0.3) is 5.91 Å². The monoisotopic (exact) mass is 667 g/mol. The number of likely N-dealkylation sites (tertiary alicyclic amines) is 1. The van der Waals surface area contributed by atoms with E-state index in [1.54, 1.807) is 35.2 Å². The lowest BCUT2D eigenvalue weighted by molar-refractivity contribution is -0.138. The summed E-state index contributed by atoms with van der Waals surface area (Å²) in [6.07, 6.45) is 4.86. The number of nitrogens with zero attached hydrogens (tertiary/aromatic N) is 5. The molecule has 2 aliphatic rings. The molecule has 2 aliphatic heterocycles. The van der Waals surface area contributed by atoms with Crippen molar-refractivity contribution < 1.29 is 27.5 Å². The van der Waals surface area contributed by atoms with E-state index < -0.39 is 17.2 Å². The number of H-pyrrole nitrogens is 1. The summed E-state index contributed by atoms with van der Waals surface area (Å²) in [6.45, 7) is 1.72. The summed E-state index contributed by atoms with van der Waals surface area (Å²) in [6, 6.07) is 16.2. The first-order valence-corrected chi connectivity index (χ1v) is 15.8. The predicted octanol–water partition coefficient (Wildman–Crippen LogP) is 5.45. The number of hydrogen-bond donors (Lipinski definition) is 2. The number of fused-ring (bicyclic) bond motifs is 1. The molecule has 10 nitrogen and oxygen atoms in total. The topological polar surface area (TPSA) is 116 Å². The molecule has 0 aliphatic carbocycles. The number of anilines is 1. The van der Waals surface area contributed by atoms with Crippen LogP contribution in [0.25, 0.3) is 39.1 Å². The highest BCUT2D eigenvalue weighted by molar-refractivity contribution is 6.01. The quantitative estimate of drug-likeness (QED) is 0.226. The molecular weight excluding hydrogens is 635 g/mol. The van der Waals surface area contributed by atoms with Crippen molar-refractivity contribution >= 4 is 34.0 Å². The van der Waals surface area contributed by atoms with E-state index in [0.29, 0.717) is 49.4 Å². The van der Waals surface area contributed by atoms with Gasteiger partial charge in [0.05, 0.1) is 35.7 Å². The van der Waals surface area contributed by atoms with Crippen LogP contribution in [0.1, 0.15) is 18.4 Å². The van der Waals surface area contributed by atoms with Crippen LogP contribution >= 0.6 is 0 Å². The number of nitrogens with one attached hydrogen (secondary N) is 2. The minimum absolute atomic E-state index is 0.0728. The van der Waals surface area contributed by atoms with Gasteiger partial charge in [-0.05, 0) is 78.6 Å². The second kappa shape index (κ2) is 13.2. The molecule has 1 fully saturated rings. The first-order valence-electron chi connectivity index (χ1n) is 15.8. The van der Waals surface area contributed by atoms with Crippen molar-refractivity contribution in [1.29, 1.82) is 0 Å². The van der Waals surface area contributed by atoms with Crippen LogP contribution in [0.15, 0.2) is 79.1 Å². The number of ether oxygens (including phenoxy) is 1. The maximum Gasteiger partial charge on any atom is 0.258 e. The van der Waals surface area contributed by atoms with Crippen LogP contribution in [0.3, 0.4) is 0 Å². The zero-order chi connectivity index (χ0) is 34.1. The van der Waals surface area contributed by atoms with Crippen molar-refractivity contribution in [1.82, 2.24) is 30.0 Å². The van der Waals surface area contributed by atoms with E-state index in [1.165, 1.54) is 25.3 Å². The smallest absolute Gasteiger partial charge is 0.258 e. The lowest BCUT2D eigenvalue weighted by atomic mass is 9.98. The van der Waals surface area contributed by atoms with E-state index >= 15 is 0 Å². The summed E-state index contributed by atoms with van der Waals surface area (Å²) in [5.74, 6) is -1.74. The van der Waals surface area contributed by atoms with E-state index in [2.05, 4.69) is 25.5 Å². The third-order valence-corrected chi connectivity index (χ3v) is 9.18. The number of aromatic nitrogens is 4. The van der Waals surface area contributed by atoms with Gasteiger partial charge in [-0.25, -0.2) is 23.1 Å². The highest BCUT2D eigenvalue weighted by Gasteiger charge is 2.45. The Morgan fingerprint density at radius 1 is 0.959 bits per heavy atom. The first-order chi connectivity index (χ1) is 23.7. The summed E-state index contributed by atoms with van der Waals surface area (Å²) in [7, 11) is 1.50. The number of amides is 2. The average molecular weight is 668 g/mol. The summed E-state index contributed by atoms with van der Waals surface area (Å²) < 4.78 is 47.3. The minimum atomic E-state index is -1.14. The molecule has 0 radical (unpaired) electrons. The number of benzene rings is 3. The molecular formula is C36H32F3N7O3. The SMILES string of the molecule is COC1(C(=O)Nc2ccc3[nH]nc(-c4ccc(F)cc4)c3c2)CCN(CC(=O)N2CC=C(c3ccc(-c4ncc(F)cn4)c(F)c3)CC2)C1. The van der Waals surface area contributed by atoms with Crippen LogP contribution in [-0.2, 0) is 14.3 Å². The van der Waals surface area contributed by atoms with Gasteiger partial charge in [-0.1, -0.05) is 12.1 Å². The van der Waals surface area contributed by atoms with Crippen molar-refractivity contribution in [2.24, 2.45) is 0 Å². The molecule has 1 saturated heterocycles. The van der Waals surface area contributed by atoms with E-state index in [-0.39, 0.29) is 42.1 Å². The number of carbonyl (C=O) groups excluding carboxylic acids is 2. The van der Waals surface area contributed by atoms with Gasteiger partial charge in [-0.15, -0.1) is 0 Å². The molecule has 5 aromatic rings. The van der Waals surface area contributed by atoms with Crippen molar-refractivity contribution in [3.8, 4) is 22.6 Å². The van der Waals surface area contributed by atoms with Crippen LogP contribution in [0, 0.1) is 17.5 Å². The molecule has 1 unspecified atom stereocenters. The maximum absolute atomic E-state index is 14.9. The normalized spacial score (nSPS) is 18.1. The fraction of sp³-hybridized carbons (Fsp3) is 0.250. The molecule has 49 heavy (non-hydrogen) atoms. The first kappa shape index (κ1) is 32.2. The summed E-state index contributed by atoms with van der Waals surface area (Å²) >= 11 is 0. The fourth-order valence-corrected chi connectivity index (χ4v) is 6.40. The van der Waals surface area contributed by atoms with Gasteiger partial charge >= 0.3 is 0 Å². The van der Waals surface area contributed by atoms with E-state index in [9.17, 15) is 22.8 Å².